The molecule has 0 aliphatic rings. The van der Waals surface area contributed by atoms with Crippen molar-refractivity contribution >= 4 is 22.9 Å². The lowest BCUT2D eigenvalue weighted by Gasteiger charge is -2.25. The predicted molar refractivity (Wildman–Crippen MR) is 81.4 cm³/mol. The van der Waals surface area contributed by atoms with Gasteiger partial charge in [0.15, 0.2) is 5.65 Å². The van der Waals surface area contributed by atoms with Gasteiger partial charge in [0.2, 0.25) is 0 Å². The number of carbonyl (C=O) groups excluding carboxylic acids is 2. The average molecular weight is 304 g/mol. The highest BCUT2D eigenvalue weighted by Crippen LogP contribution is 2.18. The number of ether oxygens (including phenoxy) is 1. The summed E-state index contributed by atoms with van der Waals surface area (Å²) in [5.41, 5.74) is 1.96. The molecule has 0 aromatic carbocycles. The summed E-state index contributed by atoms with van der Waals surface area (Å²) in [4.78, 5) is 29.9. The highest BCUT2D eigenvalue weighted by atomic mass is 16.5. The Balaban J connectivity index is 2.38. The number of amides is 1. The molecule has 0 saturated carbocycles. The molecule has 2 rings (SSSR count). The first-order valence-corrected chi connectivity index (χ1v) is 7.02. The van der Waals surface area contributed by atoms with Gasteiger partial charge in [-0.05, 0) is 26.8 Å². The molecule has 1 amide bonds. The summed E-state index contributed by atoms with van der Waals surface area (Å²) in [6.07, 6.45) is 1.51. The number of aromatic nitrogens is 3. The van der Waals surface area contributed by atoms with Gasteiger partial charge in [0.05, 0.1) is 18.4 Å². The van der Waals surface area contributed by atoms with Crippen molar-refractivity contribution in [2.75, 3.05) is 13.7 Å². The van der Waals surface area contributed by atoms with Crippen LogP contribution in [0.25, 0.3) is 11.0 Å². The van der Waals surface area contributed by atoms with Gasteiger partial charge in [-0.2, -0.15) is 5.10 Å². The van der Waals surface area contributed by atoms with Crippen molar-refractivity contribution < 1.29 is 14.3 Å². The van der Waals surface area contributed by atoms with Crippen LogP contribution >= 0.6 is 0 Å². The fourth-order valence-electron chi connectivity index (χ4n) is 2.28. The molecule has 7 heteroatoms. The van der Waals surface area contributed by atoms with Crippen LogP contribution in [0.4, 0.5) is 0 Å². The first kappa shape index (κ1) is 15.9. The zero-order valence-corrected chi connectivity index (χ0v) is 13.5. The Kier molecular flexibility index (Phi) is 4.44. The lowest BCUT2D eigenvalue weighted by molar-refractivity contribution is -0.141. The van der Waals surface area contributed by atoms with Crippen LogP contribution in [-0.4, -0.2) is 51.2 Å². The molecular formula is C15H20N4O3. The summed E-state index contributed by atoms with van der Waals surface area (Å²) in [6, 6.07) is 1.64. The van der Waals surface area contributed by atoms with E-state index in [1.807, 2.05) is 27.8 Å². The Hall–Kier alpha value is -2.44. The monoisotopic (exact) mass is 304 g/mol. The number of aryl methyl sites for hydroxylation is 2. The van der Waals surface area contributed by atoms with Crippen LogP contribution in [0.5, 0.6) is 0 Å². The highest BCUT2D eigenvalue weighted by Gasteiger charge is 2.23. The molecule has 118 valence electrons. The lowest BCUT2D eigenvalue weighted by atomic mass is 10.1. The fourth-order valence-corrected chi connectivity index (χ4v) is 2.28. The van der Waals surface area contributed by atoms with E-state index in [1.54, 1.807) is 10.7 Å². The van der Waals surface area contributed by atoms with Crippen molar-refractivity contribution in [3.8, 4) is 0 Å². The maximum Gasteiger partial charge on any atom is 0.325 e. The van der Waals surface area contributed by atoms with E-state index in [-0.39, 0.29) is 18.5 Å². The Morgan fingerprint density at radius 1 is 1.41 bits per heavy atom. The van der Waals surface area contributed by atoms with Crippen LogP contribution in [0.3, 0.4) is 0 Å². The Morgan fingerprint density at radius 2 is 2.09 bits per heavy atom. The third-order valence-electron chi connectivity index (χ3n) is 3.52. The molecule has 0 unspecified atom stereocenters. The van der Waals surface area contributed by atoms with E-state index < -0.39 is 5.97 Å². The number of methoxy groups -OCH3 is 1. The van der Waals surface area contributed by atoms with Crippen LogP contribution in [0.2, 0.25) is 0 Å². The van der Waals surface area contributed by atoms with Crippen molar-refractivity contribution in [3.05, 3.63) is 23.5 Å². The van der Waals surface area contributed by atoms with Crippen molar-refractivity contribution in [1.82, 2.24) is 19.7 Å². The van der Waals surface area contributed by atoms with Gasteiger partial charge in [-0.3, -0.25) is 14.3 Å². The third kappa shape index (κ3) is 2.93. The first-order valence-electron chi connectivity index (χ1n) is 7.02. The van der Waals surface area contributed by atoms with Crippen molar-refractivity contribution in [2.45, 2.75) is 26.8 Å². The first-order chi connectivity index (χ1) is 10.3. The molecule has 0 saturated heterocycles. The van der Waals surface area contributed by atoms with Gasteiger partial charge >= 0.3 is 5.97 Å². The molecule has 0 N–H and O–H groups in total. The quantitative estimate of drug-likeness (QED) is 0.796. The van der Waals surface area contributed by atoms with E-state index in [2.05, 4.69) is 14.8 Å². The smallest absolute Gasteiger partial charge is 0.325 e. The molecule has 7 nitrogen and oxygen atoms in total. The Bertz CT molecular complexity index is 721. The van der Waals surface area contributed by atoms with E-state index in [0.717, 1.165) is 16.7 Å². The molecule has 0 spiro atoms. The van der Waals surface area contributed by atoms with Gasteiger partial charge in [-0.25, -0.2) is 4.98 Å². The Morgan fingerprint density at radius 3 is 2.68 bits per heavy atom. The number of hydrogen-bond donors (Lipinski definition) is 0. The van der Waals surface area contributed by atoms with Gasteiger partial charge in [0.1, 0.15) is 6.54 Å². The molecule has 2 aromatic rings. The van der Waals surface area contributed by atoms with Crippen LogP contribution in [0.1, 0.15) is 29.9 Å². The average Bonchev–Trinajstić information content (AvgIpc) is 2.78. The topological polar surface area (TPSA) is 77.3 Å². The second kappa shape index (κ2) is 6.13. The summed E-state index contributed by atoms with van der Waals surface area (Å²) >= 11 is 0. The maximum atomic E-state index is 12.7. The molecule has 0 aliphatic heterocycles. The summed E-state index contributed by atoms with van der Waals surface area (Å²) in [7, 11) is 3.11. The normalized spacial score (nSPS) is 11.0. The van der Waals surface area contributed by atoms with Gasteiger partial charge < -0.3 is 9.64 Å². The van der Waals surface area contributed by atoms with Crippen LogP contribution in [-0.2, 0) is 16.6 Å². The number of hydrogen-bond acceptors (Lipinski definition) is 5. The zero-order valence-electron chi connectivity index (χ0n) is 13.5. The van der Waals surface area contributed by atoms with Crippen molar-refractivity contribution in [3.63, 3.8) is 0 Å². The highest BCUT2D eigenvalue weighted by molar-refractivity contribution is 5.98. The predicted octanol–water partition coefficient (Wildman–Crippen LogP) is 1.30. The standard InChI is InChI=1S/C15H20N4O3/c1-9(2)19(8-13(20)22-5)15(21)11-6-12-10(3)17-18(4)14(12)16-7-11/h6-7,9H,8H2,1-5H3. The minimum Gasteiger partial charge on any atom is -0.468 e. The van der Waals surface area contributed by atoms with E-state index >= 15 is 0 Å². The second-order valence-corrected chi connectivity index (χ2v) is 5.41. The summed E-state index contributed by atoms with van der Waals surface area (Å²) in [5.74, 6) is -0.702. The van der Waals surface area contributed by atoms with Crippen LogP contribution in [0.15, 0.2) is 12.3 Å². The van der Waals surface area contributed by atoms with Crippen molar-refractivity contribution in [2.24, 2.45) is 7.05 Å². The van der Waals surface area contributed by atoms with Gasteiger partial charge in [0, 0.05) is 24.7 Å². The third-order valence-corrected chi connectivity index (χ3v) is 3.52. The van der Waals surface area contributed by atoms with Crippen LogP contribution in [0, 0.1) is 6.92 Å². The van der Waals surface area contributed by atoms with E-state index in [9.17, 15) is 9.59 Å². The summed E-state index contributed by atoms with van der Waals surface area (Å²) in [6.45, 7) is 5.48. The van der Waals surface area contributed by atoms with Gasteiger partial charge in [-0.1, -0.05) is 0 Å². The minimum absolute atomic E-state index is 0.0863. The minimum atomic E-state index is -0.450. The fraction of sp³-hybridized carbons (Fsp3) is 0.467. The SMILES string of the molecule is COC(=O)CN(C(=O)c1cnc2c(c1)c(C)nn2C)C(C)C. The molecule has 22 heavy (non-hydrogen) atoms. The van der Waals surface area contributed by atoms with E-state index in [0.29, 0.717) is 5.56 Å². The van der Waals surface area contributed by atoms with E-state index in [4.69, 9.17) is 0 Å². The number of esters is 1. The number of carbonyl (C=O) groups is 2. The van der Waals surface area contributed by atoms with Gasteiger partial charge in [-0.15, -0.1) is 0 Å². The second-order valence-electron chi connectivity index (χ2n) is 5.41. The molecule has 0 bridgehead atoms. The number of fused-ring (bicyclic) bond motifs is 1. The van der Waals surface area contributed by atoms with Gasteiger partial charge in [0.25, 0.3) is 5.91 Å². The molecule has 2 heterocycles. The zero-order chi connectivity index (χ0) is 16.4. The Labute approximate surface area is 128 Å². The molecular weight excluding hydrogens is 284 g/mol. The molecule has 0 atom stereocenters. The van der Waals surface area contributed by atoms with E-state index in [1.165, 1.54) is 18.2 Å². The molecule has 0 radical (unpaired) electrons. The largest absolute Gasteiger partial charge is 0.468 e. The number of nitrogens with zero attached hydrogens (tertiary/aromatic N) is 4. The number of pyridine rings is 1. The van der Waals surface area contributed by atoms with Crippen molar-refractivity contribution in [1.29, 1.82) is 0 Å². The summed E-state index contributed by atoms with van der Waals surface area (Å²) < 4.78 is 6.32. The molecule has 0 fully saturated rings. The lowest BCUT2D eigenvalue weighted by Crippen LogP contribution is -2.41. The molecule has 2 aromatic heterocycles. The summed E-state index contributed by atoms with van der Waals surface area (Å²) in [5, 5.41) is 5.12. The maximum absolute atomic E-state index is 12.7. The van der Waals surface area contributed by atoms with Crippen LogP contribution < -0.4 is 0 Å². The number of rotatable bonds is 4. The molecule has 0 aliphatic carbocycles.